The number of unbranched alkanes of at least 4 members (excludes halogenated alkanes) is 1. The van der Waals surface area contributed by atoms with Crippen LogP contribution >= 0.6 is 11.8 Å². The lowest BCUT2D eigenvalue weighted by Gasteiger charge is -2.15. The molecular weight excluding hydrogens is 439 g/mol. The Balaban J connectivity index is 0.00000441. The van der Waals surface area contributed by atoms with Crippen molar-refractivity contribution in [1.29, 1.82) is 0 Å². The molecule has 0 spiro atoms. The molecule has 9 heteroatoms. The van der Waals surface area contributed by atoms with Gasteiger partial charge in [-0.25, -0.2) is 4.79 Å². The lowest BCUT2D eigenvalue weighted by molar-refractivity contribution is -0.422. The first-order chi connectivity index (χ1) is 10.1. The summed E-state index contributed by atoms with van der Waals surface area (Å²) in [5, 5.41) is 14.3. The molecule has 1 fully saturated rings. The molecule has 1 atom stereocenters. The first kappa shape index (κ1) is 21.8. The molecule has 0 radical (unpaired) electrons. The van der Waals surface area contributed by atoms with Crippen LogP contribution < -0.4 is 29.3 Å². The van der Waals surface area contributed by atoms with Gasteiger partial charge in [-0.1, -0.05) is 13.3 Å². The van der Waals surface area contributed by atoms with Crippen molar-refractivity contribution in [3.05, 3.63) is 20.8 Å². The van der Waals surface area contributed by atoms with E-state index < -0.39 is 16.6 Å². The van der Waals surface area contributed by atoms with Crippen LogP contribution in [0, 0.1) is 10.1 Å². The number of nitrogens with zero attached hydrogens (tertiary/aromatic N) is 1. The van der Waals surface area contributed by atoms with Gasteiger partial charge >= 0.3 is 11.7 Å². The number of hydrogen-bond donors (Lipinski definition) is 1. The maximum atomic E-state index is 11.9. The van der Waals surface area contributed by atoms with Crippen LogP contribution in [0.5, 0.6) is 0 Å². The average Bonchev–Trinajstić information content (AvgIpc) is 2.46. The summed E-state index contributed by atoms with van der Waals surface area (Å²) >= 11 is 1.31. The van der Waals surface area contributed by atoms with Crippen molar-refractivity contribution in [1.82, 2.24) is 5.32 Å². The standard InChI is InChI=1S/C13H22N2O4S2.HI/c1-3-4-9-21(2)10-7-19-13(16)11(15(17)18)12-14-6-5-8-20-12;/h3-10H2,1-2H3;1H. The molecule has 0 amide bonds. The summed E-state index contributed by atoms with van der Waals surface area (Å²) in [6, 6.07) is 0. The zero-order valence-electron chi connectivity index (χ0n) is 12.9. The van der Waals surface area contributed by atoms with E-state index in [1.807, 2.05) is 0 Å². The van der Waals surface area contributed by atoms with Crippen LogP contribution in [0.3, 0.4) is 0 Å². The predicted octanol–water partition coefficient (Wildman–Crippen LogP) is -1.25. The maximum absolute atomic E-state index is 11.9. The average molecular weight is 462 g/mol. The number of halogens is 1. The van der Waals surface area contributed by atoms with E-state index in [1.165, 1.54) is 11.8 Å². The first-order valence-electron chi connectivity index (χ1n) is 7.07. The van der Waals surface area contributed by atoms with Gasteiger partial charge in [0.15, 0.2) is 5.03 Å². The van der Waals surface area contributed by atoms with E-state index >= 15 is 0 Å². The van der Waals surface area contributed by atoms with Crippen LogP contribution in [-0.4, -0.2) is 47.6 Å². The highest BCUT2D eigenvalue weighted by Crippen LogP contribution is 2.22. The molecular formula is C13H23IN2O4S2. The highest BCUT2D eigenvalue weighted by molar-refractivity contribution is 8.03. The van der Waals surface area contributed by atoms with Gasteiger partial charge < -0.3 is 34.0 Å². The number of thioether (sulfide) groups is 1. The van der Waals surface area contributed by atoms with Gasteiger partial charge in [0.05, 0.1) is 11.2 Å². The summed E-state index contributed by atoms with van der Waals surface area (Å²) in [4.78, 5) is 22.3. The molecule has 0 saturated carbocycles. The van der Waals surface area contributed by atoms with Gasteiger partial charge in [-0.15, -0.1) is 11.8 Å². The Morgan fingerprint density at radius 1 is 1.50 bits per heavy atom. The Kier molecular flexibility index (Phi) is 12.2. The first-order valence-corrected chi connectivity index (χ1v) is 10.0. The summed E-state index contributed by atoms with van der Waals surface area (Å²) in [7, 11) is 0.201. The third-order valence-electron chi connectivity index (χ3n) is 2.96. The molecule has 128 valence electrons. The minimum atomic E-state index is -0.829. The van der Waals surface area contributed by atoms with E-state index in [0.29, 0.717) is 11.6 Å². The van der Waals surface area contributed by atoms with Gasteiger partial charge in [0.25, 0.3) is 0 Å². The Bertz CT molecular complexity index is 400. The predicted molar refractivity (Wildman–Crippen MR) is 88.0 cm³/mol. The van der Waals surface area contributed by atoms with Crippen molar-refractivity contribution in [2.24, 2.45) is 0 Å². The highest BCUT2D eigenvalue weighted by atomic mass is 127. The van der Waals surface area contributed by atoms with Crippen LogP contribution in [0.4, 0.5) is 0 Å². The van der Waals surface area contributed by atoms with Crippen LogP contribution in [0.2, 0.25) is 0 Å². The van der Waals surface area contributed by atoms with Crippen molar-refractivity contribution in [3.63, 3.8) is 0 Å². The van der Waals surface area contributed by atoms with Gasteiger partial charge in [-0.2, -0.15) is 0 Å². The fraction of sp³-hybridized carbons (Fsp3) is 0.769. The quantitative estimate of drug-likeness (QED) is 0.121. The Hall–Kier alpha value is -0.160. The van der Waals surface area contributed by atoms with E-state index in [1.54, 1.807) is 0 Å². The fourth-order valence-corrected chi connectivity index (χ4v) is 4.08. The lowest BCUT2D eigenvalue weighted by Crippen LogP contribution is -3.00. The van der Waals surface area contributed by atoms with Crippen LogP contribution in [0.15, 0.2) is 10.7 Å². The molecule has 1 aliphatic rings. The largest absolute Gasteiger partial charge is 1.00 e. The zero-order valence-corrected chi connectivity index (χ0v) is 16.7. The molecule has 1 saturated heterocycles. The summed E-state index contributed by atoms with van der Waals surface area (Å²) in [5.74, 6) is 1.84. The highest BCUT2D eigenvalue weighted by Gasteiger charge is 2.31. The lowest BCUT2D eigenvalue weighted by atomic mass is 10.4. The molecule has 1 heterocycles. The number of rotatable bonds is 8. The topological polar surface area (TPSA) is 81.5 Å². The van der Waals surface area contributed by atoms with Crippen LogP contribution in [0.1, 0.15) is 26.2 Å². The number of esters is 1. The molecule has 0 bridgehead atoms. The number of nitro groups is 1. The number of nitrogens with one attached hydrogen (secondary N) is 1. The normalized spacial score (nSPS) is 17.7. The van der Waals surface area contributed by atoms with E-state index in [-0.39, 0.29) is 41.5 Å². The second-order valence-electron chi connectivity index (χ2n) is 4.74. The fourth-order valence-electron chi connectivity index (χ4n) is 1.74. The van der Waals surface area contributed by atoms with Crippen molar-refractivity contribution in [2.45, 2.75) is 26.2 Å². The summed E-state index contributed by atoms with van der Waals surface area (Å²) < 4.78 is 5.08. The molecule has 22 heavy (non-hydrogen) atoms. The van der Waals surface area contributed by atoms with Crippen LogP contribution in [-0.2, 0) is 20.4 Å². The molecule has 1 aliphatic heterocycles. The molecule has 6 nitrogen and oxygen atoms in total. The summed E-state index contributed by atoms with van der Waals surface area (Å²) in [5.41, 5.74) is -0.454. The summed E-state index contributed by atoms with van der Waals surface area (Å²) in [6.45, 7) is 3.04. The van der Waals surface area contributed by atoms with Crippen molar-refractivity contribution < 1.29 is 38.4 Å². The molecule has 1 N–H and O–H groups in total. The van der Waals surface area contributed by atoms with E-state index in [2.05, 4.69) is 18.5 Å². The number of carbonyl (C=O) groups is 1. The van der Waals surface area contributed by atoms with Crippen molar-refractivity contribution >= 4 is 28.6 Å². The second kappa shape index (κ2) is 12.3. The zero-order chi connectivity index (χ0) is 15.7. The Morgan fingerprint density at radius 2 is 2.23 bits per heavy atom. The monoisotopic (exact) mass is 462 g/mol. The van der Waals surface area contributed by atoms with E-state index in [0.717, 1.165) is 36.5 Å². The van der Waals surface area contributed by atoms with Crippen molar-refractivity contribution in [2.75, 3.05) is 36.7 Å². The smallest absolute Gasteiger partial charge is 0.412 e. The second-order valence-corrected chi connectivity index (χ2v) is 8.23. The van der Waals surface area contributed by atoms with Gasteiger partial charge in [0.2, 0.25) is 0 Å². The van der Waals surface area contributed by atoms with E-state index in [9.17, 15) is 14.9 Å². The van der Waals surface area contributed by atoms with Gasteiger partial charge in [0, 0.05) is 12.3 Å². The number of hydrogen-bond acceptors (Lipinski definition) is 6. The summed E-state index contributed by atoms with van der Waals surface area (Å²) in [6.07, 6.45) is 5.38. The van der Waals surface area contributed by atoms with Crippen LogP contribution in [0.25, 0.3) is 0 Å². The van der Waals surface area contributed by atoms with E-state index in [4.69, 9.17) is 4.74 Å². The molecule has 0 aliphatic carbocycles. The third-order valence-corrected chi connectivity index (χ3v) is 5.92. The van der Waals surface area contributed by atoms with Gasteiger partial charge in [-0.05, 0) is 23.7 Å². The van der Waals surface area contributed by atoms with Gasteiger partial charge in [-0.3, -0.25) is 10.1 Å². The van der Waals surface area contributed by atoms with Gasteiger partial charge in [0.1, 0.15) is 18.1 Å². The maximum Gasteiger partial charge on any atom is 0.412 e. The number of carbonyl (C=O) groups excluding carboxylic acids is 1. The molecule has 0 aromatic rings. The molecule has 0 aromatic heterocycles. The molecule has 1 unspecified atom stereocenters. The minimum Gasteiger partial charge on any atom is -1.00 e. The SMILES string of the molecule is CCCC[S+](C)CCOC(=O)C(=C1NCCCS1)[N+](=O)[O-].[I-]. The third kappa shape index (κ3) is 7.91. The number of ether oxygens (including phenoxy) is 1. The molecule has 0 aromatic carbocycles. The minimum absolute atomic E-state index is 0. The van der Waals surface area contributed by atoms with Crippen molar-refractivity contribution in [3.8, 4) is 0 Å². The Morgan fingerprint density at radius 3 is 2.77 bits per heavy atom. The molecule has 1 rings (SSSR count). The Labute approximate surface area is 155 Å².